The average Bonchev–Trinajstić information content (AvgIpc) is 2.53. The van der Waals surface area contributed by atoms with Gasteiger partial charge in [-0.25, -0.2) is 0 Å². The summed E-state index contributed by atoms with van der Waals surface area (Å²) in [5, 5.41) is 8.72. The standard InChI is InChI=1S/C17H15NO2/c1-20-16-9-7-15(8-10-16)17(19)11-6-13-2-4-14(12-18)5-3-13/h2-5,7-10H,6,11H2,1H3. The summed E-state index contributed by atoms with van der Waals surface area (Å²) >= 11 is 0. The molecule has 0 saturated heterocycles. The normalized spacial score (nSPS) is 9.80. The number of carbonyl (C=O) groups excluding carboxylic acids is 1. The van der Waals surface area contributed by atoms with Gasteiger partial charge in [0.2, 0.25) is 0 Å². The molecule has 0 bridgehead atoms. The molecule has 20 heavy (non-hydrogen) atoms. The van der Waals surface area contributed by atoms with E-state index in [9.17, 15) is 4.79 Å². The van der Waals surface area contributed by atoms with Gasteiger partial charge in [0.1, 0.15) is 5.75 Å². The minimum absolute atomic E-state index is 0.108. The van der Waals surface area contributed by atoms with Crippen LogP contribution in [0.3, 0.4) is 0 Å². The molecule has 0 spiro atoms. The molecular weight excluding hydrogens is 250 g/mol. The highest BCUT2D eigenvalue weighted by atomic mass is 16.5. The van der Waals surface area contributed by atoms with E-state index in [-0.39, 0.29) is 5.78 Å². The minimum Gasteiger partial charge on any atom is -0.497 e. The SMILES string of the molecule is COc1ccc(C(=O)CCc2ccc(C#N)cc2)cc1. The molecule has 2 aromatic carbocycles. The Morgan fingerprint density at radius 2 is 1.75 bits per heavy atom. The smallest absolute Gasteiger partial charge is 0.163 e. The maximum atomic E-state index is 12.0. The molecule has 0 atom stereocenters. The van der Waals surface area contributed by atoms with Crippen LogP contribution in [0, 0.1) is 11.3 Å². The highest BCUT2D eigenvalue weighted by Crippen LogP contribution is 2.14. The van der Waals surface area contributed by atoms with Crippen LogP contribution in [0.25, 0.3) is 0 Å². The Morgan fingerprint density at radius 3 is 2.30 bits per heavy atom. The number of benzene rings is 2. The summed E-state index contributed by atoms with van der Waals surface area (Å²) in [7, 11) is 1.60. The molecule has 3 heteroatoms. The van der Waals surface area contributed by atoms with Crippen LogP contribution in [0.5, 0.6) is 5.75 Å². The molecule has 0 aliphatic carbocycles. The van der Waals surface area contributed by atoms with E-state index >= 15 is 0 Å². The number of rotatable bonds is 5. The van der Waals surface area contributed by atoms with E-state index in [4.69, 9.17) is 10.00 Å². The number of Topliss-reactive ketones (excluding diaryl/α,β-unsaturated/α-hetero) is 1. The lowest BCUT2D eigenvalue weighted by atomic mass is 10.0. The van der Waals surface area contributed by atoms with Crippen molar-refractivity contribution in [3.8, 4) is 11.8 Å². The molecule has 0 amide bonds. The molecule has 0 aliphatic heterocycles. The third kappa shape index (κ3) is 3.46. The Kier molecular flexibility index (Phi) is 4.52. The van der Waals surface area contributed by atoms with Gasteiger partial charge in [-0.2, -0.15) is 5.26 Å². The highest BCUT2D eigenvalue weighted by Gasteiger charge is 2.06. The first-order valence-corrected chi connectivity index (χ1v) is 6.39. The van der Waals surface area contributed by atoms with Crippen molar-refractivity contribution in [1.82, 2.24) is 0 Å². The molecule has 0 aliphatic rings. The molecule has 2 rings (SSSR count). The third-order valence-corrected chi connectivity index (χ3v) is 3.14. The van der Waals surface area contributed by atoms with E-state index in [0.717, 1.165) is 11.3 Å². The summed E-state index contributed by atoms with van der Waals surface area (Å²) in [6.07, 6.45) is 1.13. The van der Waals surface area contributed by atoms with Gasteiger partial charge in [0.05, 0.1) is 18.7 Å². The number of nitriles is 1. The van der Waals surface area contributed by atoms with Gasteiger partial charge in [-0.3, -0.25) is 4.79 Å². The van der Waals surface area contributed by atoms with Gasteiger partial charge in [0, 0.05) is 12.0 Å². The van der Waals surface area contributed by atoms with Gasteiger partial charge in [0.15, 0.2) is 5.78 Å². The first-order chi connectivity index (χ1) is 9.72. The Bertz CT molecular complexity index is 622. The number of ether oxygens (including phenoxy) is 1. The van der Waals surface area contributed by atoms with Crippen LogP contribution >= 0.6 is 0 Å². The van der Waals surface area contributed by atoms with E-state index in [1.807, 2.05) is 12.1 Å². The van der Waals surface area contributed by atoms with E-state index in [2.05, 4.69) is 6.07 Å². The Hall–Kier alpha value is -2.60. The van der Waals surface area contributed by atoms with Crippen LogP contribution in [0.1, 0.15) is 27.9 Å². The molecule has 2 aromatic rings. The largest absolute Gasteiger partial charge is 0.497 e. The van der Waals surface area contributed by atoms with E-state index in [1.54, 1.807) is 43.5 Å². The molecule has 0 unspecified atom stereocenters. The topological polar surface area (TPSA) is 50.1 Å². The summed E-state index contributed by atoms with van der Waals surface area (Å²) in [5.74, 6) is 0.852. The zero-order valence-electron chi connectivity index (χ0n) is 11.3. The Morgan fingerprint density at radius 1 is 1.10 bits per heavy atom. The van der Waals surface area contributed by atoms with Gasteiger partial charge in [-0.15, -0.1) is 0 Å². The number of nitrogens with zero attached hydrogens (tertiary/aromatic N) is 1. The second kappa shape index (κ2) is 6.53. The molecule has 0 radical (unpaired) electrons. The van der Waals surface area contributed by atoms with Crippen molar-refractivity contribution < 1.29 is 9.53 Å². The maximum Gasteiger partial charge on any atom is 0.163 e. The monoisotopic (exact) mass is 265 g/mol. The summed E-state index contributed by atoms with van der Waals surface area (Å²) in [6.45, 7) is 0. The van der Waals surface area contributed by atoms with Gasteiger partial charge in [-0.1, -0.05) is 12.1 Å². The number of aryl methyl sites for hydroxylation is 1. The number of hydrogen-bond acceptors (Lipinski definition) is 3. The van der Waals surface area contributed by atoms with Crippen molar-refractivity contribution in [2.24, 2.45) is 0 Å². The molecular formula is C17H15NO2. The van der Waals surface area contributed by atoms with Crippen LogP contribution in [-0.4, -0.2) is 12.9 Å². The number of methoxy groups -OCH3 is 1. The van der Waals surface area contributed by atoms with Crippen LogP contribution in [0.4, 0.5) is 0 Å². The zero-order valence-corrected chi connectivity index (χ0v) is 11.3. The quantitative estimate of drug-likeness (QED) is 0.779. The van der Waals surface area contributed by atoms with Crippen molar-refractivity contribution in [1.29, 1.82) is 5.26 Å². The molecule has 0 aromatic heterocycles. The first kappa shape index (κ1) is 13.8. The van der Waals surface area contributed by atoms with Gasteiger partial charge < -0.3 is 4.74 Å². The third-order valence-electron chi connectivity index (χ3n) is 3.14. The average molecular weight is 265 g/mol. The van der Waals surface area contributed by atoms with Crippen LogP contribution in [-0.2, 0) is 6.42 Å². The minimum atomic E-state index is 0.108. The lowest BCUT2D eigenvalue weighted by Crippen LogP contribution is -2.01. The van der Waals surface area contributed by atoms with Gasteiger partial charge in [0.25, 0.3) is 0 Å². The molecule has 0 fully saturated rings. The van der Waals surface area contributed by atoms with Crippen LogP contribution < -0.4 is 4.74 Å². The maximum absolute atomic E-state index is 12.0. The van der Waals surface area contributed by atoms with E-state index < -0.39 is 0 Å². The highest BCUT2D eigenvalue weighted by molar-refractivity contribution is 5.96. The Balaban J connectivity index is 1.95. The second-order valence-corrected chi connectivity index (χ2v) is 4.46. The lowest BCUT2D eigenvalue weighted by molar-refractivity contribution is 0.0983. The van der Waals surface area contributed by atoms with Crippen molar-refractivity contribution >= 4 is 5.78 Å². The van der Waals surface area contributed by atoms with Crippen molar-refractivity contribution in [2.45, 2.75) is 12.8 Å². The summed E-state index contributed by atoms with van der Waals surface area (Å²) in [5.41, 5.74) is 2.39. The van der Waals surface area contributed by atoms with Crippen molar-refractivity contribution in [2.75, 3.05) is 7.11 Å². The number of ketones is 1. The van der Waals surface area contributed by atoms with Crippen LogP contribution in [0.2, 0.25) is 0 Å². The van der Waals surface area contributed by atoms with Crippen molar-refractivity contribution in [3.63, 3.8) is 0 Å². The predicted octanol–water partition coefficient (Wildman–Crippen LogP) is 3.38. The molecule has 0 heterocycles. The lowest BCUT2D eigenvalue weighted by Gasteiger charge is -2.03. The molecule has 0 N–H and O–H groups in total. The van der Waals surface area contributed by atoms with E-state index in [1.165, 1.54) is 0 Å². The molecule has 100 valence electrons. The van der Waals surface area contributed by atoms with E-state index in [0.29, 0.717) is 24.0 Å². The van der Waals surface area contributed by atoms with Crippen molar-refractivity contribution in [3.05, 3.63) is 65.2 Å². The summed E-state index contributed by atoms with van der Waals surface area (Å²) in [4.78, 5) is 12.0. The summed E-state index contributed by atoms with van der Waals surface area (Å²) < 4.78 is 5.06. The number of carbonyl (C=O) groups is 1. The fraction of sp³-hybridized carbons (Fsp3) is 0.176. The van der Waals surface area contributed by atoms with Gasteiger partial charge >= 0.3 is 0 Å². The fourth-order valence-corrected chi connectivity index (χ4v) is 1.93. The number of hydrogen-bond donors (Lipinski definition) is 0. The second-order valence-electron chi connectivity index (χ2n) is 4.46. The summed E-state index contributed by atoms with van der Waals surface area (Å²) in [6, 6.07) is 16.5. The molecule has 3 nitrogen and oxygen atoms in total. The zero-order chi connectivity index (χ0) is 14.4. The fourth-order valence-electron chi connectivity index (χ4n) is 1.93. The first-order valence-electron chi connectivity index (χ1n) is 6.39. The van der Waals surface area contributed by atoms with Crippen LogP contribution in [0.15, 0.2) is 48.5 Å². The Labute approximate surface area is 118 Å². The molecule has 0 saturated carbocycles. The van der Waals surface area contributed by atoms with Gasteiger partial charge in [-0.05, 0) is 48.4 Å². The predicted molar refractivity (Wildman–Crippen MR) is 76.8 cm³/mol.